The first-order chi connectivity index (χ1) is 11.4. The second-order valence-corrected chi connectivity index (χ2v) is 5.81. The van der Waals surface area contributed by atoms with Gasteiger partial charge < -0.3 is 16.0 Å². The standard InChI is InChI=1S/C18H20FN3O2/c1-12(2)11-17(23)20-14-7-9-16(10-8-14)22-18(24)21-15-5-3-13(19)4-6-15/h3-10,12H,11H2,1-2H3,(H,20,23)(H2,21,22,24). The van der Waals surface area contributed by atoms with Gasteiger partial charge in [0.1, 0.15) is 5.82 Å². The van der Waals surface area contributed by atoms with Gasteiger partial charge >= 0.3 is 6.03 Å². The monoisotopic (exact) mass is 329 g/mol. The summed E-state index contributed by atoms with van der Waals surface area (Å²) in [5.74, 6) is -0.114. The topological polar surface area (TPSA) is 70.2 Å². The number of hydrogen-bond donors (Lipinski definition) is 3. The van der Waals surface area contributed by atoms with E-state index in [9.17, 15) is 14.0 Å². The summed E-state index contributed by atoms with van der Waals surface area (Å²) in [7, 11) is 0. The van der Waals surface area contributed by atoms with Crippen LogP contribution in [0.4, 0.5) is 26.2 Å². The van der Waals surface area contributed by atoms with E-state index in [0.29, 0.717) is 29.4 Å². The Morgan fingerprint density at radius 2 is 1.25 bits per heavy atom. The van der Waals surface area contributed by atoms with Crippen molar-refractivity contribution in [2.75, 3.05) is 16.0 Å². The van der Waals surface area contributed by atoms with Gasteiger partial charge in [-0.15, -0.1) is 0 Å². The molecule has 6 heteroatoms. The molecule has 0 atom stereocenters. The summed E-state index contributed by atoms with van der Waals surface area (Å²) in [4.78, 5) is 23.6. The van der Waals surface area contributed by atoms with Crippen LogP contribution in [0.3, 0.4) is 0 Å². The third-order valence-electron chi connectivity index (χ3n) is 3.12. The normalized spacial score (nSPS) is 10.3. The van der Waals surface area contributed by atoms with Crippen LogP contribution in [0.25, 0.3) is 0 Å². The van der Waals surface area contributed by atoms with E-state index in [1.165, 1.54) is 24.3 Å². The Labute approximate surface area is 140 Å². The quantitative estimate of drug-likeness (QED) is 0.758. The number of benzene rings is 2. The molecule has 2 rings (SSSR count). The third-order valence-corrected chi connectivity index (χ3v) is 3.12. The predicted octanol–water partition coefficient (Wildman–Crippen LogP) is 4.45. The van der Waals surface area contributed by atoms with Crippen molar-refractivity contribution in [3.05, 3.63) is 54.3 Å². The molecule has 2 aromatic carbocycles. The van der Waals surface area contributed by atoms with Crippen LogP contribution in [0.5, 0.6) is 0 Å². The molecule has 0 unspecified atom stereocenters. The molecule has 3 N–H and O–H groups in total. The van der Waals surface area contributed by atoms with E-state index < -0.39 is 6.03 Å². The van der Waals surface area contributed by atoms with E-state index in [1.807, 2.05) is 13.8 Å². The lowest BCUT2D eigenvalue weighted by Crippen LogP contribution is -2.19. The molecule has 24 heavy (non-hydrogen) atoms. The average Bonchev–Trinajstić information content (AvgIpc) is 2.51. The zero-order chi connectivity index (χ0) is 17.5. The Morgan fingerprint density at radius 3 is 1.71 bits per heavy atom. The van der Waals surface area contributed by atoms with Gasteiger partial charge in [0.05, 0.1) is 0 Å². The van der Waals surface area contributed by atoms with Crippen molar-refractivity contribution in [2.45, 2.75) is 20.3 Å². The molecule has 126 valence electrons. The summed E-state index contributed by atoms with van der Waals surface area (Å²) >= 11 is 0. The van der Waals surface area contributed by atoms with E-state index in [-0.39, 0.29) is 11.7 Å². The Morgan fingerprint density at radius 1 is 0.833 bits per heavy atom. The predicted molar refractivity (Wildman–Crippen MR) is 93.6 cm³/mol. The van der Waals surface area contributed by atoms with Crippen LogP contribution in [-0.4, -0.2) is 11.9 Å². The summed E-state index contributed by atoms with van der Waals surface area (Å²) in [6.45, 7) is 3.96. The molecular weight excluding hydrogens is 309 g/mol. The van der Waals surface area contributed by atoms with E-state index in [2.05, 4.69) is 16.0 Å². The Bertz CT molecular complexity index is 697. The highest BCUT2D eigenvalue weighted by atomic mass is 19.1. The van der Waals surface area contributed by atoms with Crippen molar-refractivity contribution in [1.82, 2.24) is 0 Å². The van der Waals surface area contributed by atoms with Crippen molar-refractivity contribution in [3.8, 4) is 0 Å². The van der Waals surface area contributed by atoms with Crippen LogP contribution < -0.4 is 16.0 Å². The summed E-state index contributed by atoms with van der Waals surface area (Å²) in [6, 6.07) is 11.9. The largest absolute Gasteiger partial charge is 0.326 e. The number of amides is 3. The molecule has 0 radical (unpaired) electrons. The SMILES string of the molecule is CC(C)CC(=O)Nc1ccc(NC(=O)Nc2ccc(F)cc2)cc1. The number of carbonyl (C=O) groups is 2. The third kappa shape index (κ3) is 5.72. The fraction of sp³-hybridized carbons (Fsp3) is 0.222. The molecule has 0 heterocycles. The second kappa shape index (κ2) is 8.10. The van der Waals surface area contributed by atoms with Gasteiger partial charge in [0.25, 0.3) is 0 Å². The maximum Gasteiger partial charge on any atom is 0.323 e. The summed E-state index contributed by atoms with van der Waals surface area (Å²) in [6.07, 6.45) is 0.458. The first-order valence-electron chi connectivity index (χ1n) is 7.66. The smallest absolute Gasteiger partial charge is 0.323 e. The highest BCUT2D eigenvalue weighted by molar-refractivity contribution is 6.00. The summed E-state index contributed by atoms with van der Waals surface area (Å²) < 4.78 is 12.8. The fourth-order valence-electron chi connectivity index (χ4n) is 2.05. The molecule has 0 spiro atoms. The first kappa shape index (κ1) is 17.5. The lowest BCUT2D eigenvalue weighted by molar-refractivity contribution is -0.116. The van der Waals surface area contributed by atoms with Crippen LogP contribution in [0.2, 0.25) is 0 Å². The highest BCUT2D eigenvalue weighted by Gasteiger charge is 2.06. The van der Waals surface area contributed by atoms with Crippen LogP contribution in [-0.2, 0) is 4.79 Å². The van der Waals surface area contributed by atoms with Gasteiger partial charge in [0.15, 0.2) is 0 Å². The molecule has 3 amide bonds. The molecule has 0 aliphatic carbocycles. The lowest BCUT2D eigenvalue weighted by Gasteiger charge is -2.10. The minimum absolute atomic E-state index is 0.0419. The van der Waals surface area contributed by atoms with Gasteiger partial charge in [-0.2, -0.15) is 0 Å². The molecule has 5 nitrogen and oxygen atoms in total. The van der Waals surface area contributed by atoms with Crippen molar-refractivity contribution < 1.29 is 14.0 Å². The van der Waals surface area contributed by atoms with Gasteiger partial charge in [0.2, 0.25) is 5.91 Å². The van der Waals surface area contributed by atoms with Gasteiger partial charge in [-0.1, -0.05) is 13.8 Å². The number of urea groups is 1. The van der Waals surface area contributed by atoms with Gasteiger partial charge in [-0.05, 0) is 54.4 Å². The van der Waals surface area contributed by atoms with E-state index in [1.54, 1.807) is 24.3 Å². The average molecular weight is 329 g/mol. The minimum Gasteiger partial charge on any atom is -0.326 e. The van der Waals surface area contributed by atoms with Crippen LogP contribution in [0, 0.1) is 11.7 Å². The van der Waals surface area contributed by atoms with Crippen LogP contribution >= 0.6 is 0 Å². The number of hydrogen-bond acceptors (Lipinski definition) is 2. The molecule has 0 fully saturated rings. The zero-order valence-corrected chi connectivity index (χ0v) is 13.6. The molecule has 2 aromatic rings. The number of carbonyl (C=O) groups excluding carboxylic acids is 2. The van der Waals surface area contributed by atoms with E-state index in [0.717, 1.165) is 0 Å². The fourth-order valence-corrected chi connectivity index (χ4v) is 2.05. The van der Waals surface area contributed by atoms with E-state index >= 15 is 0 Å². The van der Waals surface area contributed by atoms with Crippen LogP contribution in [0.1, 0.15) is 20.3 Å². The van der Waals surface area contributed by atoms with Crippen molar-refractivity contribution in [3.63, 3.8) is 0 Å². The first-order valence-corrected chi connectivity index (χ1v) is 7.66. The summed E-state index contributed by atoms with van der Waals surface area (Å²) in [5.41, 5.74) is 1.74. The Kier molecular flexibility index (Phi) is 5.89. The zero-order valence-electron chi connectivity index (χ0n) is 13.6. The lowest BCUT2D eigenvalue weighted by atomic mass is 10.1. The Balaban J connectivity index is 1.87. The molecule has 0 aliphatic rings. The van der Waals surface area contributed by atoms with Crippen molar-refractivity contribution in [2.24, 2.45) is 5.92 Å². The molecule has 0 aliphatic heterocycles. The van der Waals surface area contributed by atoms with E-state index in [4.69, 9.17) is 0 Å². The molecular formula is C18H20FN3O2. The van der Waals surface area contributed by atoms with Gasteiger partial charge in [0, 0.05) is 23.5 Å². The van der Waals surface area contributed by atoms with Crippen molar-refractivity contribution in [1.29, 1.82) is 0 Å². The highest BCUT2D eigenvalue weighted by Crippen LogP contribution is 2.15. The molecule has 0 saturated carbocycles. The minimum atomic E-state index is -0.432. The number of nitrogens with one attached hydrogen (secondary N) is 3. The van der Waals surface area contributed by atoms with Crippen LogP contribution in [0.15, 0.2) is 48.5 Å². The molecule has 0 bridgehead atoms. The number of rotatable bonds is 5. The number of halogens is 1. The van der Waals surface area contributed by atoms with Crippen molar-refractivity contribution >= 4 is 29.0 Å². The summed E-state index contributed by atoms with van der Waals surface area (Å²) in [5, 5.41) is 8.06. The second-order valence-electron chi connectivity index (χ2n) is 5.81. The Hall–Kier alpha value is -2.89. The molecule has 0 aromatic heterocycles. The maximum absolute atomic E-state index is 12.8. The number of anilines is 3. The van der Waals surface area contributed by atoms with Gasteiger partial charge in [-0.3, -0.25) is 4.79 Å². The molecule has 0 saturated heterocycles. The maximum atomic E-state index is 12.8. The van der Waals surface area contributed by atoms with Gasteiger partial charge in [-0.25, -0.2) is 9.18 Å².